The van der Waals surface area contributed by atoms with Crippen molar-refractivity contribution in [1.29, 1.82) is 0 Å². The molecular formula is C8H14N2OSn. The van der Waals surface area contributed by atoms with Gasteiger partial charge in [-0.2, -0.15) is 0 Å². The fourth-order valence-corrected chi connectivity index (χ4v) is 5.58. The van der Waals surface area contributed by atoms with Gasteiger partial charge in [0.2, 0.25) is 0 Å². The second-order valence-corrected chi connectivity index (χ2v) is 18.2. The average molecular weight is 273 g/mol. The van der Waals surface area contributed by atoms with Crippen molar-refractivity contribution >= 4 is 22.0 Å². The van der Waals surface area contributed by atoms with E-state index >= 15 is 0 Å². The van der Waals surface area contributed by atoms with Crippen LogP contribution in [0.5, 0.6) is 0 Å². The molecule has 0 aliphatic rings. The fourth-order valence-electron chi connectivity index (χ4n) is 1.15. The molecule has 12 heavy (non-hydrogen) atoms. The summed E-state index contributed by atoms with van der Waals surface area (Å²) in [6.07, 6.45) is 3.47. The molecule has 1 aromatic rings. The monoisotopic (exact) mass is 274 g/mol. The first-order chi connectivity index (χ1) is 5.55. The molecule has 3 nitrogen and oxygen atoms in total. The van der Waals surface area contributed by atoms with E-state index in [-0.39, 0.29) is 6.61 Å². The van der Waals surface area contributed by atoms with E-state index in [2.05, 4.69) is 25.0 Å². The molecule has 0 aromatic carbocycles. The van der Waals surface area contributed by atoms with Gasteiger partial charge in [0.15, 0.2) is 0 Å². The van der Waals surface area contributed by atoms with Crippen molar-refractivity contribution in [1.82, 2.24) is 10.2 Å². The molecule has 0 aliphatic carbocycles. The number of aliphatic hydroxyl groups is 1. The first-order valence-electron chi connectivity index (χ1n) is 3.96. The molecule has 0 atom stereocenters. The minimum absolute atomic E-state index is 0.0824. The SMILES string of the molecule is [CH3][Sn]([CH3])([CH3])[c]1cnncc1CO. The molecule has 1 N–H and O–H groups in total. The van der Waals surface area contributed by atoms with E-state index in [0.717, 1.165) is 5.56 Å². The summed E-state index contributed by atoms with van der Waals surface area (Å²) in [5, 5.41) is 16.7. The minimum atomic E-state index is -2.07. The standard InChI is InChI=1S/C5H5N2O.3CH3.Sn/c8-4-5-1-2-6-7-3-5;;;;/h2-3,8H,4H2;3*1H3;. The number of nitrogens with zero attached hydrogens (tertiary/aromatic N) is 2. The van der Waals surface area contributed by atoms with Gasteiger partial charge in [0.1, 0.15) is 0 Å². The Balaban J connectivity index is 3.14. The van der Waals surface area contributed by atoms with Gasteiger partial charge in [0.25, 0.3) is 0 Å². The second kappa shape index (κ2) is 3.70. The number of aromatic nitrogens is 2. The first kappa shape index (κ1) is 9.92. The molecule has 0 aliphatic heterocycles. The molecule has 0 spiro atoms. The number of hydrogen-bond acceptors (Lipinski definition) is 3. The van der Waals surface area contributed by atoms with Crippen molar-refractivity contribution in [2.24, 2.45) is 0 Å². The maximum atomic E-state index is 9.05. The Morgan fingerprint density at radius 3 is 2.25 bits per heavy atom. The van der Waals surface area contributed by atoms with E-state index in [1.165, 1.54) is 3.58 Å². The summed E-state index contributed by atoms with van der Waals surface area (Å²) in [6, 6.07) is 0. The molecule has 66 valence electrons. The maximum absolute atomic E-state index is 9.05. The van der Waals surface area contributed by atoms with Gasteiger partial charge in [-0.05, 0) is 0 Å². The molecule has 0 saturated heterocycles. The molecule has 0 saturated carbocycles. The van der Waals surface area contributed by atoms with Gasteiger partial charge in [-0.1, -0.05) is 0 Å². The third-order valence-corrected chi connectivity index (χ3v) is 7.69. The molecule has 0 unspecified atom stereocenters. The molecule has 0 amide bonds. The van der Waals surface area contributed by atoms with Crippen LogP contribution in [0.2, 0.25) is 14.8 Å². The normalized spacial score (nSPS) is 11.7. The summed E-state index contributed by atoms with van der Waals surface area (Å²) >= 11 is -2.07. The number of hydrogen-bond donors (Lipinski definition) is 1. The average Bonchev–Trinajstić information content (AvgIpc) is 2.03. The van der Waals surface area contributed by atoms with Crippen LogP contribution in [0.4, 0.5) is 0 Å². The van der Waals surface area contributed by atoms with Crippen LogP contribution in [0, 0.1) is 0 Å². The Kier molecular flexibility index (Phi) is 3.06. The van der Waals surface area contributed by atoms with Crippen LogP contribution in [0.1, 0.15) is 5.56 Å². The van der Waals surface area contributed by atoms with Gasteiger partial charge < -0.3 is 0 Å². The Hall–Kier alpha value is -0.161. The van der Waals surface area contributed by atoms with Crippen LogP contribution in [0.25, 0.3) is 0 Å². The first-order valence-corrected chi connectivity index (χ1v) is 14.0. The van der Waals surface area contributed by atoms with Gasteiger partial charge in [-0.3, -0.25) is 0 Å². The van der Waals surface area contributed by atoms with Gasteiger partial charge in [0, 0.05) is 0 Å². The predicted octanol–water partition coefficient (Wildman–Crippen LogP) is 0.514. The van der Waals surface area contributed by atoms with Crippen LogP contribution in [-0.4, -0.2) is 33.7 Å². The van der Waals surface area contributed by atoms with E-state index in [1.807, 2.05) is 6.20 Å². The number of aliphatic hydroxyl groups excluding tert-OH is 1. The van der Waals surface area contributed by atoms with Crippen LogP contribution >= 0.6 is 0 Å². The quantitative estimate of drug-likeness (QED) is 0.799. The van der Waals surface area contributed by atoms with Crippen LogP contribution in [-0.2, 0) is 6.61 Å². The van der Waals surface area contributed by atoms with Gasteiger partial charge in [0.05, 0.1) is 0 Å². The molecule has 4 heteroatoms. The topological polar surface area (TPSA) is 46.0 Å². The van der Waals surface area contributed by atoms with E-state index in [9.17, 15) is 0 Å². The third kappa shape index (κ3) is 2.17. The zero-order valence-corrected chi connectivity index (χ0v) is 10.6. The molecule has 1 heterocycles. The molecule has 0 bridgehead atoms. The second-order valence-electron chi connectivity index (χ2n) is 3.84. The summed E-state index contributed by atoms with van der Waals surface area (Å²) in [7, 11) is 0. The summed E-state index contributed by atoms with van der Waals surface area (Å²) < 4.78 is 1.27. The van der Waals surface area contributed by atoms with Crippen LogP contribution in [0.15, 0.2) is 12.4 Å². The molecule has 0 radical (unpaired) electrons. The van der Waals surface area contributed by atoms with Gasteiger partial charge in [-0.25, -0.2) is 0 Å². The summed E-state index contributed by atoms with van der Waals surface area (Å²) in [5.41, 5.74) is 0.952. The van der Waals surface area contributed by atoms with Crippen molar-refractivity contribution in [2.45, 2.75) is 21.4 Å². The van der Waals surface area contributed by atoms with E-state index in [4.69, 9.17) is 5.11 Å². The van der Waals surface area contributed by atoms with Crippen molar-refractivity contribution in [3.05, 3.63) is 18.0 Å². The van der Waals surface area contributed by atoms with Gasteiger partial charge in [-0.15, -0.1) is 0 Å². The van der Waals surface area contributed by atoms with Crippen molar-refractivity contribution in [2.75, 3.05) is 0 Å². The number of rotatable bonds is 2. The molecule has 1 aromatic heterocycles. The Labute approximate surface area is 76.7 Å². The molecular weight excluding hydrogens is 259 g/mol. The van der Waals surface area contributed by atoms with Crippen LogP contribution in [0.3, 0.4) is 0 Å². The molecule has 0 fully saturated rings. The van der Waals surface area contributed by atoms with E-state index < -0.39 is 18.4 Å². The van der Waals surface area contributed by atoms with E-state index in [0.29, 0.717) is 0 Å². The zero-order chi connectivity index (χ0) is 9.19. The molecule has 1 rings (SSSR count). The summed E-state index contributed by atoms with van der Waals surface area (Å²) in [6.45, 7) is 0.0824. The Morgan fingerprint density at radius 2 is 1.83 bits per heavy atom. The fraction of sp³-hybridized carbons (Fsp3) is 0.500. The van der Waals surface area contributed by atoms with Crippen LogP contribution < -0.4 is 3.58 Å². The Morgan fingerprint density at radius 1 is 1.25 bits per heavy atom. The van der Waals surface area contributed by atoms with Gasteiger partial charge >= 0.3 is 76.6 Å². The summed E-state index contributed by atoms with van der Waals surface area (Å²) in [5.74, 6) is 0. The zero-order valence-electron chi connectivity index (χ0n) is 7.70. The van der Waals surface area contributed by atoms with Crippen molar-refractivity contribution < 1.29 is 5.11 Å². The van der Waals surface area contributed by atoms with E-state index in [1.54, 1.807) is 6.20 Å². The Bertz CT molecular complexity index is 270. The van der Waals surface area contributed by atoms with Crippen molar-refractivity contribution in [3.8, 4) is 0 Å². The van der Waals surface area contributed by atoms with Crippen molar-refractivity contribution in [3.63, 3.8) is 0 Å². The third-order valence-electron chi connectivity index (χ3n) is 1.79. The predicted molar refractivity (Wildman–Crippen MR) is 50.9 cm³/mol. The summed E-state index contributed by atoms with van der Waals surface area (Å²) in [4.78, 5) is 6.89.